The fourth-order valence-electron chi connectivity index (χ4n) is 2.71. The maximum Gasteiger partial charge on any atom is 0.329 e. The van der Waals surface area contributed by atoms with E-state index in [4.69, 9.17) is 0 Å². The lowest BCUT2D eigenvalue weighted by Crippen LogP contribution is -2.52. The highest BCUT2D eigenvalue weighted by atomic mass is 16.4. The van der Waals surface area contributed by atoms with Crippen molar-refractivity contribution in [2.24, 2.45) is 0 Å². The molecule has 0 aliphatic heterocycles. The number of hydrogen-bond acceptors (Lipinski definition) is 4. The van der Waals surface area contributed by atoms with Gasteiger partial charge in [0.2, 0.25) is 0 Å². The minimum atomic E-state index is -1.30. The molecular weight excluding hydrogens is 308 g/mol. The standard InChI is InChI=1S/C17H24N4O3/c1-6-7-17(5,16(23)24)20-15(22)13-8-12-9-18-21(10(2)3)14(12)19-11(13)4/h8-10H,6-7H2,1-5H3,(H,20,22)(H,23,24). The number of carboxylic acid groups (broad SMARTS) is 1. The van der Waals surface area contributed by atoms with E-state index in [1.807, 2.05) is 20.8 Å². The highest BCUT2D eigenvalue weighted by Crippen LogP contribution is 2.20. The third-order valence-electron chi connectivity index (χ3n) is 4.10. The molecule has 0 aliphatic carbocycles. The molecule has 2 aromatic rings. The van der Waals surface area contributed by atoms with Crippen LogP contribution < -0.4 is 5.32 Å². The van der Waals surface area contributed by atoms with Crippen LogP contribution >= 0.6 is 0 Å². The van der Waals surface area contributed by atoms with Gasteiger partial charge in [0, 0.05) is 11.4 Å². The number of aromatic nitrogens is 3. The van der Waals surface area contributed by atoms with Crippen LogP contribution in [0, 0.1) is 6.92 Å². The highest BCUT2D eigenvalue weighted by Gasteiger charge is 2.34. The zero-order valence-corrected chi connectivity index (χ0v) is 14.8. The van der Waals surface area contributed by atoms with E-state index in [1.54, 1.807) is 23.9 Å². The molecule has 7 heteroatoms. The van der Waals surface area contributed by atoms with Crippen molar-refractivity contribution in [3.63, 3.8) is 0 Å². The SMILES string of the molecule is CCCC(C)(NC(=O)c1cc2cnn(C(C)C)c2nc1C)C(=O)O. The number of aliphatic carboxylic acids is 1. The molecular formula is C17H24N4O3. The zero-order valence-electron chi connectivity index (χ0n) is 14.8. The van der Waals surface area contributed by atoms with Gasteiger partial charge in [-0.2, -0.15) is 5.10 Å². The fraction of sp³-hybridized carbons (Fsp3) is 0.529. The van der Waals surface area contributed by atoms with Gasteiger partial charge >= 0.3 is 5.97 Å². The second-order valence-electron chi connectivity index (χ2n) is 6.56. The van der Waals surface area contributed by atoms with Crippen molar-refractivity contribution >= 4 is 22.9 Å². The summed E-state index contributed by atoms with van der Waals surface area (Å²) in [5.74, 6) is -1.48. The summed E-state index contributed by atoms with van der Waals surface area (Å²) in [5.41, 5.74) is 0.338. The predicted molar refractivity (Wildman–Crippen MR) is 91.1 cm³/mol. The Hall–Kier alpha value is -2.44. The Morgan fingerprint density at radius 3 is 2.62 bits per heavy atom. The molecule has 0 aliphatic rings. The number of nitrogens with zero attached hydrogens (tertiary/aromatic N) is 3. The average molecular weight is 332 g/mol. The molecule has 0 saturated heterocycles. The van der Waals surface area contributed by atoms with Gasteiger partial charge in [0.15, 0.2) is 5.65 Å². The predicted octanol–water partition coefficient (Wildman–Crippen LogP) is 2.69. The molecule has 2 N–H and O–H groups in total. The molecule has 0 bridgehead atoms. The molecule has 0 spiro atoms. The number of carbonyl (C=O) groups is 2. The second kappa shape index (κ2) is 6.59. The summed E-state index contributed by atoms with van der Waals surface area (Å²) < 4.78 is 1.79. The Morgan fingerprint density at radius 1 is 1.42 bits per heavy atom. The summed E-state index contributed by atoms with van der Waals surface area (Å²) in [6, 6.07) is 1.88. The molecule has 0 radical (unpaired) electrons. The molecule has 1 unspecified atom stereocenters. The van der Waals surface area contributed by atoms with Crippen molar-refractivity contribution in [3.8, 4) is 0 Å². The van der Waals surface area contributed by atoms with Crippen molar-refractivity contribution in [2.75, 3.05) is 0 Å². The number of carbonyl (C=O) groups excluding carboxylic acids is 1. The van der Waals surface area contributed by atoms with Gasteiger partial charge in [-0.3, -0.25) is 4.79 Å². The summed E-state index contributed by atoms with van der Waals surface area (Å²) in [5, 5.41) is 17.1. The molecule has 7 nitrogen and oxygen atoms in total. The summed E-state index contributed by atoms with van der Waals surface area (Å²) in [6.07, 6.45) is 2.68. The van der Waals surface area contributed by atoms with Crippen molar-refractivity contribution in [1.29, 1.82) is 0 Å². The van der Waals surface area contributed by atoms with E-state index in [0.717, 1.165) is 5.39 Å². The van der Waals surface area contributed by atoms with Gasteiger partial charge in [-0.25, -0.2) is 14.5 Å². The molecule has 130 valence electrons. The Bertz CT molecular complexity index is 781. The molecule has 2 aromatic heterocycles. The second-order valence-corrected chi connectivity index (χ2v) is 6.56. The maximum absolute atomic E-state index is 12.6. The van der Waals surface area contributed by atoms with Crippen LogP contribution in [0.4, 0.5) is 0 Å². The quantitative estimate of drug-likeness (QED) is 0.847. The van der Waals surface area contributed by atoms with E-state index in [2.05, 4.69) is 15.4 Å². The zero-order chi connectivity index (χ0) is 18.1. The number of fused-ring (bicyclic) bond motifs is 1. The van der Waals surface area contributed by atoms with Gasteiger partial charge < -0.3 is 10.4 Å². The number of hydrogen-bond donors (Lipinski definition) is 2. The Balaban J connectivity index is 2.39. The summed E-state index contributed by atoms with van der Waals surface area (Å²) >= 11 is 0. The number of pyridine rings is 1. The van der Waals surface area contributed by atoms with Crippen LogP contribution in [-0.4, -0.2) is 37.3 Å². The van der Waals surface area contributed by atoms with Gasteiger partial charge in [0.1, 0.15) is 5.54 Å². The van der Waals surface area contributed by atoms with Crippen LogP contribution in [0.5, 0.6) is 0 Å². The normalized spacial score (nSPS) is 13.9. The summed E-state index contributed by atoms with van der Waals surface area (Å²) in [7, 11) is 0. The Kier molecular flexibility index (Phi) is 4.91. The van der Waals surface area contributed by atoms with Crippen LogP contribution in [0.25, 0.3) is 11.0 Å². The minimum absolute atomic E-state index is 0.161. The van der Waals surface area contributed by atoms with Gasteiger partial charge in [-0.1, -0.05) is 13.3 Å². The highest BCUT2D eigenvalue weighted by molar-refractivity contribution is 6.00. The third-order valence-corrected chi connectivity index (χ3v) is 4.10. The fourth-order valence-corrected chi connectivity index (χ4v) is 2.71. The number of aryl methyl sites for hydroxylation is 1. The van der Waals surface area contributed by atoms with Crippen molar-refractivity contribution in [1.82, 2.24) is 20.1 Å². The molecule has 0 saturated carbocycles. The van der Waals surface area contributed by atoms with Crippen LogP contribution in [0.2, 0.25) is 0 Å². The van der Waals surface area contributed by atoms with Gasteiger partial charge in [-0.15, -0.1) is 0 Å². The Labute approximate surface area is 141 Å². The largest absolute Gasteiger partial charge is 0.480 e. The van der Waals surface area contributed by atoms with E-state index in [-0.39, 0.29) is 6.04 Å². The lowest BCUT2D eigenvalue weighted by Gasteiger charge is -2.26. The first-order valence-electron chi connectivity index (χ1n) is 8.10. The van der Waals surface area contributed by atoms with Crippen molar-refractivity contribution in [3.05, 3.63) is 23.5 Å². The van der Waals surface area contributed by atoms with E-state index < -0.39 is 17.4 Å². The molecule has 2 rings (SSSR count). The van der Waals surface area contributed by atoms with Gasteiger partial charge in [0.05, 0.1) is 17.5 Å². The minimum Gasteiger partial charge on any atom is -0.480 e. The third kappa shape index (κ3) is 3.25. The molecule has 24 heavy (non-hydrogen) atoms. The smallest absolute Gasteiger partial charge is 0.329 e. The first-order chi connectivity index (χ1) is 11.2. The van der Waals surface area contributed by atoms with Gasteiger partial charge in [-0.05, 0) is 40.2 Å². The molecule has 2 heterocycles. The summed E-state index contributed by atoms with van der Waals surface area (Å²) in [6.45, 7) is 9.16. The molecule has 0 aromatic carbocycles. The number of amides is 1. The average Bonchev–Trinajstić information content (AvgIpc) is 2.89. The van der Waals surface area contributed by atoms with E-state index in [1.165, 1.54) is 6.92 Å². The number of carboxylic acids is 1. The van der Waals surface area contributed by atoms with Crippen molar-refractivity contribution < 1.29 is 14.7 Å². The van der Waals surface area contributed by atoms with Crippen LogP contribution in [-0.2, 0) is 4.79 Å². The Morgan fingerprint density at radius 2 is 2.08 bits per heavy atom. The maximum atomic E-state index is 12.6. The van der Waals surface area contributed by atoms with Crippen molar-refractivity contribution in [2.45, 2.75) is 59.0 Å². The first kappa shape index (κ1) is 17.9. The summed E-state index contributed by atoms with van der Waals surface area (Å²) in [4.78, 5) is 28.6. The topological polar surface area (TPSA) is 97.1 Å². The number of rotatable bonds is 6. The van der Waals surface area contributed by atoms with E-state index in [9.17, 15) is 14.7 Å². The van der Waals surface area contributed by atoms with Crippen LogP contribution in [0.3, 0.4) is 0 Å². The van der Waals surface area contributed by atoms with Crippen LogP contribution in [0.15, 0.2) is 12.3 Å². The lowest BCUT2D eigenvalue weighted by molar-refractivity contribution is -0.144. The first-order valence-corrected chi connectivity index (χ1v) is 8.10. The van der Waals surface area contributed by atoms with E-state index >= 15 is 0 Å². The van der Waals surface area contributed by atoms with Crippen LogP contribution in [0.1, 0.15) is 62.6 Å². The number of nitrogens with one attached hydrogen (secondary N) is 1. The van der Waals surface area contributed by atoms with Gasteiger partial charge in [0.25, 0.3) is 5.91 Å². The lowest BCUT2D eigenvalue weighted by atomic mass is 9.95. The molecule has 1 atom stereocenters. The molecule has 0 fully saturated rings. The van der Waals surface area contributed by atoms with E-state index in [0.29, 0.717) is 29.7 Å². The molecule has 1 amide bonds. The monoisotopic (exact) mass is 332 g/mol.